The molecular formula is C10H15N3O5S. The van der Waals surface area contributed by atoms with Gasteiger partial charge in [-0.1, -0.05) is 6.92 Å². The van der Waals surface area contributed by atoms with E-state index in [1.54, 1.807) is 6.92 Å². The van der Waals surface area contributed by atoms with Crippen LogP contribution in [0.2, 0.25) is 0 Å². The molecule has 1 aromatic carbocycles. The number of aliphatic hydroxyl groups excluding tert-OH is 1. The van der Waals surface area contributed by atoms with Gasteiger partial charge < -0.3 is 10.8 Å². The fourth-order valence-electron chi connectivity index (χ4n) is 1.56. The third kappa shape index (κ3) is 3.19. The lowest BCUT2D eigenvalue weighted by atomic mass is 10.3. The van der Waals surface area contributed by atoms with Crippen LogP contribution in [0.4, 0.5) is 11.4 Å². The average Bonchev–Trinajstić information content (AvgIpc) is 2.35. The Morgan fingerprint density at radius 3 is 2.58 bits per heavy atom. The summed E-state index contributed by atoms with van der Waals surface area (Å²) in [5.74, 6) is 0. The van der Waals surface area contributed by atoms with E-state index >= 15 is 0 Å². The Morgan fingerprint density at radius 1 is 1.47 bits per heavy atom. The van der Waals surface area contributed by atoms with Gasteiger partial charge in [-0.05, 0) is 6.07 Å². The Bertz CT molecular complexity index is 573. The Hall–Kier alpha value is -1.71. The van der Waals surface area contributed by atoms with Crippen molar-refractivity contribution < 1.29 is 18.4 Å². The molecule has 0 spiro atoms. The molecule has 0 fully saturated rings. The molecule has 0 amide bonds. The molecule has 3 N–H and O–H groups in total. The smallest absolute Gasteiger partial charge is 0.270 e. The zero-order chi connectivity index (χ0) is 14.6. The van der Waals surface area contributed by atoms with Crippen LogP contribution in [0.3, 0.4) is 0 Å². The Morgan fingerprint density at radius 2 is 2.11 bits per heavy atom. The van der Waals surface area contributed by atoms with Crippen LogP contribution in [0.5, 0.6) is 0 Å². The van der Waals surface area contributed by atoms with E-state index in [-0.39, 0.29) is 36.0 Å². The van der Waals surface area contributed by atoms with Crippen molar-refractivity contribution in [3.8, 4) is 0 Å². The summed E-state index contributed by atoms with van der Waals surface area (Å²) in [5, 5.41) is 19.5. The van der Waals surface area contributed by atoms with Gasteiger partial charge in [0.25, 0.3) is 5.69 Å². The number of nitrogens with two attached hydrogens (primary N) is 1. The SMILES string of the molecule is CCN(CCO)S(=O)(=O)c1cc([N+](=O)[O-])ccc1N. The van der Waals surface area contributed by atoms with Crippen molar-refractivity contribution in [2.45, 2.75) is 11.8 Å². The summed E-state index contributed by atoms with van der Waals surface area (Å²) in [7, 11) is -3.96. The first-order valence-electron chi connectivity index (χ1n) is 5.49. The second-order valence-corrected chi connectivity index (χ2v) is 5.61. The summed E-state index contributed by atoms with van der Waals surface area (Å²) in [5.41, 5.74) is 5.15. The van der Waals surface area contributed by atoms with Crippen molar-refractivity contribution >= 4 is 21.4 Å². The molecule has 9 heteroatoms. The van der Waals surface area contributed by atoms with Crippen LogP contribution < -0.4 is 5.73 Å². The molecule has 0 heterocycles. The number of nitrogen functional groups attached to an aromatic ring is 1. The van der Waals surface area contributed by atoms with Crippen LogP contribution in [0, 0.1) is 10.1 Å². The van der Waals surface area contributed by atoms with E-state index in [0.29, 0.717) is 0 Å². The van der Waals surface area contributed by atoms with Crippen LogP contribution in [-0.4, -0.2) is 42.4 Å². The van der Waals surface area contributed by atoms with Crippen molar-refractivity contribution in [1.29, 1.82) is 0 Å². The minimum atomic E-state index is -3.96. The Balaban J connectivity index is 3.34. The minimum Gasteiger partial charge on any atom is -0.398 e. The first-order valence-corrected chi connectivity index (χ1v) is 6.93. The normalized spacial score (nSPS) is 11.7. The molecule has 0 saturated heterocycles. The number of likely N-dealkylation sites (N-methyl/N-ethyl adjacent to an activating group) is 1. The molecule has 19 heavy (non-hydrogen) atoms. The summed E-state index contributed by atoms with van der Waals surface area (Å²) in [4.78, 5) is 9.66. The van der Waals surface area contributed by atoms with Crippen molar-refractivity contribution in [3.05, 3.63) is 28.3 Å². The highest BCUT2D eigenvalue weighted by Gasteiger charge is 2.26. The van der Waals surface area contributed by atoms with E-state index in [2.05, 4.69) is 0 Å². The minimum absolute atomic E-state index is 0.0676. The predicted octanol–water partition coefficient (Wildman–Crippen LogP) is 0.180. The van der Waals surface area contributed by atoms with Crippen molar-refractivity contribution in [1.82, 2.24) is 4.31 Å². The fourth-order valence-corrected chi connectivity index (χ4v) is 3.13. The van der Waals surface area contributed by atoms with E-state index < -0.39 is 14.9 Å². The molecule has 0 saturated carbocycles. The Kier molecular flexibility index (Phi) is 4.81. The fraction of sp³-hybridized carbons (Fsp3) is 0.400. The summed E-state index contributed by atoms with van der Waals surface area (Å²) < 4.78 is 25.5. The number of rotatable bonds is 6. The number of nitro benzene ring substituents is 1. The zero-order valence-corrected chi connectivity index (χ0v) is 11.1. The number of benzene rings is 1. The van der Waals surface area contributed by atoms with Gasteiger partial charge in [-0.2, -0.15) is 4.31 Å². The maximum absolute atomic E-state index is 12.3. The van der Waals surface area contributed by atoms with Gasteiger partial charge in [0, 0.05) is 25.2 Å². The first kappa shape index (κ1) is 15.3. The summed E-state index contributed by atoms with van der Waals surface area (Å²) in [6.07, 6.45) is 0. The van der Waals surface area contributed by atoms with Crippen LogP contribution >= 0.6 is 0 Å². The van der Waals surface area contributed by atoms with Gasteiger partial charge in [0.2, 0.25) is 10.0 Å². The van der Waals surface area contributed by atoms with Crippen LogP contribution in [-0.2, 0) is 10.0 Å². The molecule has 0 unspecified atom stereocenters. The third-order valence-electron chi connectivity index (χ3n) is 2.53. The van der Waals surface area contributed by atoms with Gasteiger partial charge in [-0.3, -0.25) is 10.1 Å². The molecule has 0 aliphatic carbocycles. The lowest BCUT2D eigenvalue weighted by Gasteiger charge is -2.20. The van der Waals surface area contributed by atoms with E-state index in [0.717, 1.165) is 16.4 Å². The molecule has 0 radical (unpaired) electrons. The number of anilines is 1. The predicted molar refractivity (Wildman–Crippen MR) is 69.0 cm³/mol. The van der Waals surface area contributed by atoms with E-state index in [1.165, 1.54) is 6.07 Å². The second kappa shape index (κ2) is 5.95. The summed E-state index contributed by atoms with van der Waals surface area (Å²) in [6, 6.07) is 3.24. The molecule has 1 rings (SSSR count). The molecule has 1 aromatic rings. The number of nitro groups is 1. The van der Waals surface area contributed by atoms with E-state index in [9.17, 15) is 18.5 Å². The quantitative estimate of drug-likeness (QED) is 0.437. The molecule has 0 atom stereocenters. The molecule has 0 aliphatic heterocycles. The molecular weight excluding hydrogens is 274 g/mol. The standard InChI is InChI=1S/C10H15N3O5S/c1-2-12(5-6-14)19(17,18)10-7-8(13(15)16)3-4-9(10)11/h3-4,7,14H,2,5-6,11H2,1H3. The molecule has 0 aromatic heterocycles. The number of sulfonamides is 1. The van der Waals surface area contributed by atoms with Crippen molar-refractivity contribution in [3.63, 3.8) is 0 Å². The number of hydrogen-bond acceptors (Lipinski definition) is 6. The largest absolute Gasteiger partial charge is 0.398 e. The van der Waals surface area contributed by atoms with Gasteiger partial charge >= 0.3 is 0 Å². The van der Waals surface area contributed by atoms with Gasteiger partial charge in [0.1, 0.15) is 4.90 Å². The first-order chi connectivity index (χ1) is 8.84. The number of aliphatic hydroxyl groups is 1. The Labute approximate surface area is 110 Å². The van der Waals surface area contributed by atoms with Crippen LogP contribution in [0.15, 0.2) is 23.1 Å². The topological polar surface area (TPSA) is 127 Å². The van der Waals surface area contributed by atoms with Crippen LogP contribution in [0.1, 0.15) is 6.92 Å². The monoisotopic (exact) mass is 289 g/mol. The highest BCUT2D eigenvalue weighted by molar-refractivity contribution is 7.89. The number of non-ortho nitro benzene ring substituents is 1. The van der Waals surface area contributed by atoms with Crippen LogP contribution in [0.25, 0.3) is 0 Å². The van der Waals surface area contributed by atoms with E-state index in [4.69, 9.17) is 10.8 Å². The summed E-state index contributed by atoms with van der Waals surface area (Å²) >= 11 is 0. The van der Waals surface area contributed by atoms with Gasteiger partial charge in [-0.15, -0.1) is 0 Å². The summed E-state index contributed by atoms with van der Waals surface area (Å²) in [6.45, 7) is 1.29. The maximum Gasteiger partial charge on any atom is 0.270 e. The average molecular weight is 289 g/mol. The highest BCUT2D eigenvalue weighted by Crippen LogP contribution is 2.26. The molecule has 0 bridgehead atoms. The molecule has 106 valence electrons. The zero-order valence-electron chi connectivity index (χ0n) is 10.3. The molecule has 8 nitrogen and oxygen atoms in total. The number of nitrogens with zero attached hydrogens (tertiary/aromatic N) is 2. The van der Waals surface area contributed by atoms with Crippen molar-refractivity contribution in [2.75, 3.05) is 25.4 Å². The van der Waals surface area contributed by atoms with Crippen molar-refractivity contribution in [2.24, 2.45) is 0 Å². The van der Waals surface area contributed by atoms with Gasteiger partial charge in [-0.25, -0.2) is 8.42 Å². The van der Waals surface area contributed by atoms with Gasteiger partial charge in [0.05, 0.1) is 17.2 Å². The molecule has 0 aliphatic rings. The lowest BCUT2D eigenvalue weighted by Crippen LogP contribution is -2.33. The maximum atomic E-state index is 12.3. The number of hydrogen-bond donors (Lipinski definition) is 2. The van der Waals surface area contributed by atoms with Gasteiger partial charge in [0.15, 0.2) is 0 Å². The second-order valence-electron chi connectivity index (χ2n) is 3.70. The highest BCUT2D eigenvalue weighted by atomic mass is 32.2. The third-order valence-corrected chi connectivity index (χ3v) is 4.56. The van der Waals surface area contributed by atoms with E-state index in [1.807, 2.05) is 0 Å². The lowest BCUT2D eigenvalue weighted by molar-refractivity contribution is -0.385.